The van der Waals surface area contributed by atoms with Crippen LogP contribution in [0.3, 0.4) is 0 Å². The highest BCUT2D eigenvalue weighted by molar-refractivity contribution is 6.33. The van der Waals surface area contributed by atoms with Crippen molar-refractivity contribution >= 4 is 28.5 Å². The zero-order chi connectivity index (χ0) is 19.3. The summed E-state index contributed by atoms with van der Waals surface area (Å²) in [5, 5.41) is 0.320. The zero-order valence-corrected chi connectivity index (χ0v) is 16.4. The minimum atomic E-state index is -0.302. The fourth-order valence-corrected chi connectivity index (χ4v) is 5.06. The predicted octanol–water partition coefficient (Wildman–Crippen LogP) is 3.24. The largest absolute Gasteiger partial charge is 0.357 e. The van der Waals surface area contributed by atoms with E-state index in [1.165, 1.54) is 42.9 Å². The molecule has 4 heterocycles. The first kappa shape index (κ1) is 17.6. The van der Waals surface area contributed by atoms with E-state index in [0.29, 0.717) is 16.7 Å². The number of rotatable bonds is 2. The number of fused-ring (bicyclic) bond motifs is 1. The first-order valence-corrected chi connectivity index (χ1v) is 10.0. The Morgan fingerprint density at radius 1 is 1.11 bits per heavy atom. The van der Waals surface area contributed by atoms with Gasteiger partial charge in [-0.05, 0) is 49.1 Å². The predicted molar refractivity (Wildman–Crippen MR) is 108 cm³/mol. The maximum absolute atomic E-state index is 12.8. The average molecular weight is 397 g/mol. The average Bonchev–Trinajstić information content (AvgIpc) is 2.68. The van der Waals surface area contributed by atoms with E-state index in [1.807, 2.05) is 12.1 Å². The van der Waals surface area contributed by atoms with Gasteiger partial charge in [0.05, 0.1) is 11.9 Å². The molecule has 0 atom stereocenters. The third-order valence-electron chi connectivity index (χ3n) is 6.23. The van der Waals surface area contributed by atoms with Gasteiger partial charge in [-0.3, -0.25) is 9.36 Å². The van der Waals surface area contributed by atoms with Gasteiger partial charge >= 0.3 is 0 Å². The molecule has 5 rings (SSSR count). The minimum absolute atomic E-state index is 0.106. The minimum Gasteiger partial charge on any atom is -0.357 e. The molecule has 1 aliphatic heterocycles. The van der Waals surface area contributed by atoms with Crippen LogP contribution in [0.25, 0.3) is 16.7 Å². The lowest BCUT2D eigenvalue weighted by molar-refractivity contribution is 0.0380. The fourth-order valence-electron chi connectivity index (χ4n) is 4.85. The smallest absolute Gasteiger partial charge is 0.270 e. The molecule has 0 N–H and O–H groups in total. The van der Waals surface area contributed by atoms with E-state index in [-0.39, 0.29) is 16.1 Å². The summed E-state index contributed by atoms with van der Waals surface area (Å²) in [6, 6.07) is 3.86. The molecule has 0 amide bonds. The topological polar surface area (TPSA) is 76.8 Å². The van der Waals surface area contributed by atoms with E-state index in [1.54, 1.807) is 6.20 Å². The van der Waals surface area contributed by atoms with Gasteiger partial charge in [0.2, 0.25) is 0 Å². The maximum Gasteiger partial charge on any atom is 0.270 e. The SMILES string of the molecule is CC1CC2(CCN(c3ccc(-n4cnc5ncnc(Cl)c5c4=O)cn3)CC2)C1. The van der Waals surface area contributed by atoms with Crippen molar-refractivity contribution in [3.05, 3.63) is 46.5 Å². The van der Waals surface area contributed by atoms with Crippen molar-refractivity contribution in [1.82, 2.24) is 24.5 Å². The molecule has 144 valence electrons. The summed E-state index contributed by atoms with van der Waals surface area (Å²) < 4.78 is 1.43. The summed E-state index contributed by atoms with van der Waals surface area (Å²) in [6.45, 7) is 4.44. The van der Waals surface area contributed by atoms with Crippen molar-refractivity contribution in [3.8, 4) is 5.69 Å². The van der Waals surface area contributed by atoms with Gasteiger partial charge in [0.15, 0.2) is 5.65 Å². The van der Waals surface area contributed by atoms with Crippen molar-refractivity contribution < 1.29 is 0 Å². The van der Waals surface area contributed by atoms with Crippen LogP contribution >= 0.6 is 11.6 Å². The van der Waals surface area contributed by atoms with Crippen LogP contribution in [0.5, 0.6) is 0 Å². The summed E-state index contributed by atoms with van der Waals surface area (Å²) in [7, 11) is 0. The molecule has 1 saturated carbocycles. The number of hydrogen-bond donors (Lipinski definition) is 0. The first-order chi connectivity index (χ1) is 13.5. The number of hydrogen-bond acceptors (Lipinski definition) is 6. The molecule has 7 nitrogen and oxygen atoms in total. The molecular weight excluding hydrogens is 376 g/mol. The van der Waals surface area contributed by atoms with Gasteiger partial charge in [-0.2, -0.15) is 0 Å². The molecule has 1 spiro atoms. The molecule has 28 heavy (non-hydrogen) atoms. The van der Waals surface area contributed by atoms with E-state index < -0.39 is 0 Å². The maximum atomic E-state index is 12.8. The highest BCUT2D eigenvalue weighted by Crippen LogP contribution is 2.52. The molecule has 8 heteroatoms. The molecule has 0 aromatic carbocycles. The Balaban J connectivity index is 1.39. The standard InChI is InChI=1S/C20H21ClN6O/c1-13-8-20(9-13)4-6-26(7-5-20)15-3-2-14(10-22-15)27-12-25-18-16(19(27)28)17(21)23-11-24-18/h2-3,10-13H,4-9H2,1H3. The summed E-state index contributed by atoms with van der Waals surface area (Å²) in [4.78, 5) is 31.8. The van der Waals surface area contributed by atoms with Crippen LogP contribution in [0.1, 0.15) is 32.6 Å². The second-order valence-electron chi connectivity index (χ2n) is 8.16. The number of piperidine rings is 1. The van der Waals surface area contributed by atoms with Gasteiger partial charge in [-0.25, -0.2) is 19.9 Å². The van der Waals surface area contributed by atoms with E-state index in [0.717, 1.165) is 24.8 Å². The van der Waals surface area contributed by atoms with Gasteiger partial charge in [0.1, 0.15) is 29.0 Å². The molecule has 2 aliphatic rings. The summed E-state index contributed by atoms with van der Waals surface area (Å²) in [6.07, 6.45) is 9.69. The monoisotopic (exact) mass is 396 g/mol. The van der Waals surface area contributed by atoms with Crippen molar-refractivity contribution in [3.63, 3.8) is 0 Å². The van der Waals surface area contributed by atoms with Crippen LogP contribution in [-0.2, 0) is 0 Å². The second kappa shape index (κ2) is 6.51. The van der Waals surface area contributed by atoms with E-state index >= 15 is 0 Å². The lowest BCUT2D eigenvalue weighted by Crippen LogP contribution is -2.46. The summed E-state index contributed by atoms with van der Waals surface area (Å²) in [5.74, 6) is 1.84. The number of aromatic nitrogens is 5. The van der Waals surface area contributed by atoms with Crippen LogP contribution in [0, 0.1) is 11.3 Å². The third-order valence-corrected chi connectivity index (χ3v) is 6.52. The Labute approximate surface area is 167 Å². The fraction of sp³-hybridized carbons (Fsp3) is 0.450. The zero-order valence-electron chi connectivity index (χ0n) is 15.7. The summed E-state index contributed by atoms with van der Waals surface area (Å²) >= 11 is 6.07. The molecule has 3 aromatic heterocycles. The Kier molecular flexibility index (Phi) is 4.08. The third kappa shape index (κ3) is 2.85. The molecule has 0 unspecified atom stereocenters. The Morgan fingerprint density at radius 2 is 1.89 bits per heavy atom. The van der Waals surface area contributed by atoms with E-state index in [4.69, 9.17) is 11.6 Å². The number of pyridine rings is 1. The lowest BCUT2D eigenvalue weighted by atomic mass is 9.58. The van der Waals surface area contributed by atoms with Gasteiger partial charge < -0.3 is 4.90 Å². The molecule has 2 fully saturated rings. The second-order valence-corrected chi connectivity index (χ2v) is 8.52. The number of nitrogens with zero attached hydrogens (tertiary/aromatic N) is 6. The molecular formula is C20H21ClN6O. The van der Waals surface area contributed by atoms with Crippen molar-refractivity contribution in [2.45, 2.75) is 32.6 Å². The van der Waals surface area contributed by atoms with Crippen LogP contribution in [0.15, 0.2) is 35.8 Å². The van der Waals surface area contributed by atoms with Gasteiger partial charge in [0.25, 0.3) is 5.56 Å². The number of anilines is 1. The van der Waals surface area contributed by atoms with Crippen LogP contribution in [-0.4, -0.2) is 37.6 Å². The first-order valence-electron chi connectivity index (χ1n) is 9.64. The van der Waals surface area contributed by atoms with Gasteiger partial charge in [-0.1, -0.05) is 18.5 Å². The molecule has 3 aromatic rings. The highest BCUT2D eigenvalue weighted by atomic mass is 35.5. The summed E-state index contributed by atoms with van der Waals surface area (Å²) in [5.41, 5.74) is 1.22. The number of halogens is 1. The van der Waals surface area contributed by atoms with Crippen LogP contribution in [0.4, 0.5) is 5.82 Å². The van der Waals surface area contributed by atoms with E-state index in [2.05, 4.69) is 31.8 Å². The Hall–Kier alpha value is -2.54. The Bertz CT molecular complexity index is 1080. The lowest BCUT2D eigenvalue weighted by Gasteiger charge is -2.51. The van der Waals surface area contributed by atoms with Gasteiger partial charge in [0, 0.05) is 13.1 Å². The van der Waals surface area contributed by atoms with Crippen molar-refractivity contribution in [2.24, 2.45) is 11.3 Å². The van der Waals surface area contributed by atoms with Crippen LogP contribution in [0.2, 0.25) is 5.15 Å². The molecule has 0 radical (unpaired) electrons. The quantitative estimate of drug-likeness (QED) is 0.619. The highest BCUT2D eigenvalue weighted by Gasteiger charge is 2.43. The molecule has 1 saturated heterocycles. The molecule has 1 aliphatic carbocycles. The molecule has 0 bridgehead atoms. The Morgan fingerprint density at radius 3 is 2.57 bits per heavy atom. The normalized spacial score (nSPS) is 19.1. The van der Waals surface area contributed by atoms with Crippen molar-refractivity contribution in [1.29, 1.82) is 0 Å². The van der Waals surface area contributed by atoms with E-state index in [9.17, 15) is 4.79 Å². The van der Waals surface area contributed by atoms with Crippen LogP contribution < -0.4 is 10.5 Å². The van der Waals surface area contributed by atoms with Crippen molar-refractivity contribution in [2.75, 3.05) is 18.0 Å². The van der Waals surface area contributed by atoms with Gasteiger partial charge in [-0.15, -0.1) is 0 Å².